The summed E-state index contributed by atoms with van der Waals surface area (Å²) in [6.45, 7) is -0.902. The number of phosphoric acid groups is 2. The van der Waals surface area contributed by atoms with Crippen LogP contribution in [0.4, 0.5) is 0 Å². The van der Waals surface area contributed by atoms with Crippen LogP contribution in [0.15, 0.2) is 21.9 Å². The van der Waals surface area contributed by atoms with Crippen molar-refractivity contribution in [2.24, 2.45) is 0 Å². The second-order valence-electron chi connectivity index (χ2n) is 4.90. The van der Waals surface area contributed by atoms with E-state index in [9.17, 15) is 28.9 Å². The number of H-pyrrole nitrogens is 1. The Balaban J connectivity index is 0.00000338. The number of aromatic amines is 1. The molecule has 5 atom stereocenters. The molecule has 1 aromatic rings. The quantitative estimate of drug-likeness (QED) is 0.185. The van der Waals surface area contributed by atoms with E-state index in [1.165, 1.54) is 0 Å². The van der Waals surface area contributed by atoms with Crippen LogP contribution in [0.25, 0.3) is 0 Å². The van der Waals surface area contributed by atoms with Crippen molar-refractivity contribution >= 4 is 53.4 Å². The zero-order valence-electron chi connectivity index (χ0n) is 12.1. The normalized spacial score (nSPS) is 28.3. The van der Waals surface area contributed by atoms with Gasteiger partial charge in [-0.25, -0.2) is 13.9 Å². The molecule has 6 N–H and O–H groups in total. The second-order valence-corrected chi connectivity index (χ2v) is 7.73. The minimum absolute atomic E-state index is 0. The van der Waals surface area contributed by atoms with E-state index in [0.717, 1.165) is 16.8 Å². The van der Waals surface area contributed by atoms with Gasteiger partial charge in [0.2, 0.25) is 0 Å². The van der Waals surface area contributed by atoms with E-state index in [1.54, 1.807) is 0 Å². The first-order valence-corrected chi connectivity index (χ1v) is 9.49. The Kier molecular flexibility index (Phi) is 8.40. The molecule has 0 spiro atoms. The second kappa shape index (κ2) is 9.05. The molecule has 0 saturated carbocycles. The summed E-state index contributed by atoms with van der Waals surface area (Å²) in [7, 11) is -10.5. The van der Waals surface area contributed by atoms with Gasteiger partial charge in [-0.15, -0.1) is 0 Å². The first-order chi connectivity index (χ1) is 11.4. The summed E-state index contributed by atoms with van der Waals surface area (Å²) in [6, 6.07) is 0.962. The molecule has 2 rings (SSSR count). The third-order valence-corrected chi connectivity index (χ3v) is 5.23. The molecular formula is C9H16CaN2O12P2. The number of aliphatic hydroxyl groups excluding tert-OH is 2. The van der Waals surface area contributed by atoms with Crippen molar-refractivity contribution in [3.8, 4) is 0 Å². The van der Waals surface area contributed by atoms with E-state index < -0.39 is 58.0 Å². The number of aliphatic hydroxyl groups is 2. The molecule has 1 aliphatic rings. The van der Waals surface area contributed by atoms with Crippen LogP contribution in [0.5, 0.6) is 0 Å². The maximum atomic E-state index is 11.7. The molecule has 1 saturated heterocycles. The third kappa shape index (κ3) is 6.31. The van der Waals surface area contributed by atoms with Gasteiger partial charge in [-0.2, -0.15) is 4.31 Å². The Labute approximate surface area is 174 Å². The van der Waals surface area contributed by atoms with Gasteiger partial charge >= 0.3 is 59.1 Å². The number of hydrogen-bond acceptors (Lipinski definition) is 9. The van der Waals surface area contributed by atoms with Crippen LogP contribution in [0, 0.1) is 0 Å². The van der Waals surface area contributed by atoms with Crippen molar-refractivity contribution in [3.63, 3.8) is 0 Å². The molecule has 0 aromatic carbocycles. The van der Waals surface area contributed by atoms with Crippen LogP contribution in [0.2, 0.25) is 0 Å². The van der Waals surface area contributed by atoms with E-state index in [4.69, 9.17) is 19.4 Å². The van der Waals surface area contributed by atoms with Crippen molar-refractivity contribution in [2.75, 3.05) is 6.61 Å². The number of phosphoric ester groups is 1. The zero-order valence-corrected chi connectivity index (χ0v) is 13.9. The SMILES string of the molecule is O=c1ccn([C@@H]2O[C@H](COP(=O)(O)OP(=O)(O)O)[C@@H](O)[C@H]2O)c(=O)[nH]1.[CaH2]. The Morgan fingerprint density at radius 1 is 1.19 bits per heavy atom. The van der Waals surface area contributed by atoms with Gasteiger partial charge in [0.25, 0.3) is 5.56 Å². The Bertz CT molecular complexity index is 834. The fraction of sp³-hybridized carbons (Fsp3) is 0.556. The van der Waals surface area contributed by atoms with E-state index >= 15 is 0 Å². The molecule has 0 bridgehead atoms. The summed E-state index contributed by atoms with van der Waals surface area (Å²) in [4.78, 5) is 50.7. The average Bonchev–Trinajstić information content (AvgIpc) is 2.71. The van der Waals surface area contributed by atoms with E-state index in [2.05, 4.69) is 8.83 Å². The summed E-state index contributed by atoms with van der Waals surface area (Å²) >= 11 is 0. The molecule has 0 amide bonds. The molecule has 1 unspecified atom stereocenters. The van der Waals surface area contributed by atoms with Gasteiger partial charge in [0.05, 0.1) is 6.61 Å². The van der Waals surface area contributed by atoms with Gasteiger partial charge in [0.1, 0.15) is 18.3 Å². The first kappa shape index (κ1) is 24.1. The van der Waals surface area contributed by atoms with Gasteiger partial charge < -0.3 is 29.6 Å². The summed E-state index contributed by atoms with van der Waals surface area (Å²) in [5.74, 6) is 0. The molecule has 14 nitrogen and oxygen atoms in total. The van der Waals surface area contributed by atoms with Gasteiger partial charge in [-0.05, 0) is 0 Å². The van der Waals surface area contributed by atoms with Crippen LogP contribution in [0.3, 0.4) is 0 Å². The Morgan fingerprint density at radius 3 is 2.35 bits per heavy atom. The fourth-order valence-electron chi connectivity index (χ4n) is 2.05. The van der Waals surface area contributed by atoms with E-state index in [0.29, 0.717) is 0 Å². The molecule has 146 valence electrons. The maximum absolute atomic E-state index is 11.7. The van der Waals surface area contributed by atoms with Crippen molar-refractivity contribution in [1.29, 1.82) is 0 Å². The Morgan fingerprint density at radius 2 is 1.81 bits per heavy atom. The Hall–Kier alpha value is 0.0797. The van der Waals surface area contributed by atoms with Crippen LogP contribution in [0.1, 0.15) is 6.23 Å². The molecule has 1 aliphatic heterocycles. The predicted molar refractivity (Wildman–Crippen MR) is 84.7 cm³/mol. The molecule has 1 aromatic heterocycles. The number of aromatic nitrogens is 2. The van der Waals surface area contributed by atoms with E-state index in [1.807, 2.05) is 4.98 Å². The standard InChI is InChI=1S/C9H14N2O12P2.Ca.2H/c12-5-1-2-11(9(15)10-5)8-7(14)6(13)4(22-8)3-21-25(19,20)23-24(16,17)18;;;/h1-2,4,6-8,13-14H,3H2,(H,19,20)(H,10,12,15)(H2,16,17,18);;;/t4-,6-,7-,8-;;;/m1.../s1. The van der Waals surface area contributed by atoms with Gasteiger partial charge in [0, 0.05) is 12.3 Å². The summed E-state index contributed by atoms with van der Waals surface area (Å²) < 4.78 is 35.6. The zero-order chi connectivity index (χ0) is 19.0. The summed E-state index contributed by atoms with van der Waals surface area (Å²) in [6.07, 6.45) is -5.25. The molecule has 17 heteroatoms. The van der Waals surface area contributed by atoms with Crippen molar-refractivity contribution in [3.05, 3.63) is 33.1 Å². The monoisotopic (exact) mass is 446 g/mol. The fourth-order valence-corrected chi connectivity index (χ4v) is 3.65. The van der Waals surface area contributed by atoms with Gasteiger partial charge in [-0.1, -0.05) is 0 Å². The minimum atomic E-state index is -5.32. The number of ether oxygens (including phenoxy) is 1. The average molecular weight is 446 g/mol. The molecule has 26 heavy (non-hydrogen) atoms. The molecule has 1 fully saturated rings. The molecular weight excluding hydrogens is 430 g/mol. The summed E-state index contributed by atoms with van der Waals surface area (Å²) in [5, 5.41) is 19.8. The number of nitrogens with zero attached hydrogens (tertiary/aromatic N) is 1. The topological polar surface area (TPSA) is 218 Å². The number of hydrogen-bond donors (Lipinski definition) is 6. The number of rotatable bonds is 6. The van der Waals surface area contributed by atoms with Crippen LogP contribution >= 0.6 is 15.6 Å². The predicted octanol–water partition coefficient (Wildman–Crippen LogP) is -3.53. The van der Waals surface area contributed by atoms with Crippen molar-refractivity contribution in [1.82, 2.24) is 9.55 Å². The molecule has 0 aliphatic carbocycles. The van der Waals surface area contributed by atoms with Crippen molar-refractivity contribution in [2.45, 2.75) is 24.5 Å². The van der Waals surface area contributed by atoms with Gasteiger partial charge in [-0.3, -0.25) is 18.9 Å². The van der Waals surface area contributed by atoms with Crippen LogP contribution in [-0.2, 0) is 22.7 Å². The third-order valence-electron chi connectivity index (χ3n) is 3.07. The van der Waals surface area contributed by atoms with Crippen LogP contribution < -0.4 is 11.2 Å². The van der Waals surface area contributed by atoms with Gasteiger partial charge in [0.15, 0.2) is 6.23 Å². The molecule has 0 radical (unpaired) electrons. The number of nitrogens with one attached hydrogen (secondary N) is 1. The van der Waals surface area contributed by atoms with E-state index in [-0.39, 0.29) is 37.7 Å². The molecule has 2 heterocycles. The summed E-state index contributed by atoms with van der Waals surface area (Å²) in [5.41, 5.74) is -1.65. The van der Waals surface area contributed by atoms with Crippen molar-refractivity contribution < 1.29 is 47.6 Å². The first-order valence-electron chi connectivity index (χ1n) is 6.47. The van der Waals surface area contributed by atoms with Crippen LogP contribution in [-0.4, -0.2) is 97.1 Å².